The van der Waals surface area contributed by atoms with Crippen LogP contribution in [0.15, 0.2) is 29.3 Å². The summed E-state index contributed by atoms with van der Waals surface area (Å²) in [6.07, 6.45) is 4.16. The fourth-order valence-electron chi connectivity index (χ4n) is 2.55. The van der Waals surface area contributed by atoms with Gasteiger partial charge in [0.2, 0.25) is 0 Å². The third-order valence-electron chi connectivity index (χ3n) is 3.37. The molecule has 1 aromatic rings. The number of amides is 1. The van der Waals surface area contributed by atoms with Crippen molar-refractivity contribution in [2.24, 2.45) is 4.99 Å². The smallest absolute Gasteiger partial charge is 0.256 e. The Morgan fingerprint density at radius 3 is 3.06 bits per heavy atom. The van der Waals surface area contributed by atoms with Crippen molar-refractivity contribution in [1.82, 2.24) is 4.90 Å². The van der Waals surface area contributed by atoms with Crippen LogP contribution in [-0.2, 0) is 0 Å². The molecule has 1 atom stereocenters. The zero-order chi connectivity index (χ0) is 11.8. The maximum Gasteiger partial charge on any atom is 0.256 e. The number of fused-ring (bicyclic) bond motifs is 2. The molecule has 0 N–H and O–H groups in total. The summed E-state index contributed by atoms with van der Waals surface area (Å²) >= 11 is 1.66. The van der Waals surface area contributed by atoms with Gasteiger partial charge >= 0.3 is 0 Å². The number of nitrogens with zero attached hydrogens (tertiary/aromatic N) is 2. The molecule has 0 aliphatic carbocycles. The average molecular weight is 246 g/mol. The normalized spacial score (nSPS) is 22.9. The van der Waals surface area contributed by atoms with Crippen LogP contribution in [0.1, 0.15) is 23.2 Å². The van der Waals surface area contributed by atoms with Gasteiger partial charge in [0.15, 0.2) is 0 Å². The standard InChI is InChI=1S/C13H14N2OS/c1-17-12-11-7-4-8-15(11)13(16)9-5-2-3-6-10(9)14-12/h2-3,5-6,11H,4,7-8H2,1H3. The summed E-state index contributed by atoms with van der Waals surface area (Å²) in [5, 5.41) is 1.07. The Morgan fingerprint density at radius 1 is 1.41 bits per heavy atom. The Bertz CT molecular complexity index is 498. The lowest BCUT2D eigenvalue weighted by Crippen LogP contribution is -2.38. The molecule has 1 aromatic carbocycles. The van der Waals surface area contributed by atoms with Gasteiger partial charge in [-0.3, -0.25) is 4.79 Å². The number of para-hydroxylation sites is 1. The van der Waals surface area contributed by atoms with E-state index in [1.807, 2.05) is 35.4 Å². The van der Waals surface area contributed by atoms with Gasteiger partial charge in [-0.05, 0) is 31.2 Å². The summed E-state index contributed by atoms with van der Waals surface area (Å²) in [5.74, 6) is 0.135. The van der Waals surface area contributed by atoms with Gasteiger partial charge in [0.25, 0.3) is 5.91 Å². The number of hydrogen-bond donors (Lipinski definition) is 0. The van der Waals surface area contributed by atoms with Crippen LogP contribution in [0.25, 0.3) is 0 Å². The Kier molecular flexibility index (Phi) is 2.67. The molecule has 2 heterocycles. The second-order valence-electron chi connectivity index (χ2n) is 4.33. The lowest BCUT2D eigenvalue weighted by molar-refractivity contribution is 0.0774. The number of carbonyl (C=O) groups is 1. The van der Waals surface area contributed by atoms with Crippen LogP contribution in [0.3, 0.4) is 0 Å². The van der Waals surface area contributed by atoms with Gasteiger partial charge in [0.05, 0.1) is 22.3 Å². The maximum atomic E-state index is 12.4. The fraction of sp³-hybridized carbons (Fsp3) is 0.385. The fourth-order valence-corrected chi connectivity index (χ4v) is 3.25. The van der Waals surface area contributed by atoms with E-state index < -0.39 is 0 Å². The third-order valence-corrected chi connectivity index (χ3v) is 4.15. The maximum absolute atomic E-state index is 12.4. The molecule has 1 fully saturated rings. The Hall–Kier alpha value is -1.29. The second kappa shape index (κ2) is 4.18. The SMILES string of the molecule is CSC1=Nc2ccccc2C(=O)N2CCCC12. The molecule has 1 amide bonds. The van der Waals surface area contributed by atoms with Gasteiger partial charge in [-0.2, -0.15) is 0 Å². The van der Waals surface area contributed by atoms with Gasteiger partial charge in [-0.15, -0.1) is 11.8 Å². The van der Waals surface area contributed by atoms with Crippen LogP contribution in [0.4, 0.5) is 5.69 Å². The van der Waals surface area contributed by atoms with E-state index >= 15 is 0 Å². The highest BCUT2D eigenvalue weighted by molar-refractivity contribution is 8.13. The molecule has 0 saturated carbocycles. The van der Waals surface area contributed by atoms with Crippen molar-refractivity contribution in [3.63, 3.8) is 0 Å². The average Bonchev–Trinajstić information content (AvgIpc) is 2.81. The van der Waals surface area contributed by atoms with E-state index in [9.17, 15) is 4.79 Å². The summed E-state index contributed by atoms with van der Waals surface area (Å²) < 4.78 is 0. The monoisotopic (exact) mass is 246 g/mol. The summed E-state index contributed by atoms with van der Waals surface area (Å²) in [7, 11) is 0. The molecule has 0 spiro atoms. The highest BCUT2D eigenvalue weighted by atomic mass is 32.2. The molecule has 0 radical (unpaired) electrons. The van der Waals surface area contributed by atoms with E-state index in [1.54, 1.807) is 11.8 Å². The first-order valence-corrected chi connectivity index (χ1v) is 7.06. The second-order valence-corrected chi connectivity index (χ2v) is 5.15. The van der Waals surface area contributed by atoms with Gasteiger partial charge in [-0.1, -0.05) is 12.1 Å². The molecule has 3 rings (SSSR count). The topological polar surface area (TPSA) is 32.7 Å². The Labute approximate surface area is 105 Å². The largest absolute Gasteiger partial charge is 0.329 e. The van der Waals surface area contributed by atoms with Gasteiger partial charge in [-0.25, -0.2) is 4.99 Å². The van der Waals surface area contributed by atoms with Crippen LogP contribution >= 0.6 is 11.8 Å². The highest BCUT2D eigenvalue weighted by Crippen LogP contribution is 2.32. The highest BCUT2D eigenvalue weighted by Gasteiger charge is 2.35. The molecular formula is C13H14N2OS. The van der Waals surface area contributed by atoms with Crippen molar-refractivity contribution in [1.29, 1.82) is 0 Å². The predicted octanol–water partition coefficient (Wildman–Crippen LogP) is 2.70. The third kappa shape index (κ3) is 1.67. The van der Waals surface area contributed by atoms with Crippen molar-refractivity contribution < 1.29 is 4.79 Å². The molecule has 2 aliphatic heterocycles. The summed E-state index contributed by atoms with van der Waals surface area (Å²) in [6.45, 7) is 0.859. The van der Waals surface area contributed by atoms with E-state index in [0.29, 0.717) is 0 Å². The van der Waals surface area contributed by atoms with Crippen molar-refractivity contribution >= 4 is 28.4 Å². The van der Waals surface area contributed by atoms with Crippen LogP contribution in [0, 0.1) is 0 Å². The zero-order valence-corrected chi connectivity index (χ0v) is 10.5. The van der Waals surface area contributed by atoms with Crippen molar-refractivity contribution in [3.05, 3.63) is 29.8 Å². The molecule has 17 heavy (non-hydrogen) atoms. The van der Waals surface area contributed by atoms with E-state index in [1.165, 1.54) is 0 Å². The van der Waals surface area contributed by atoms with Gasteiger partial charge in [0, 0.05) is 6.54 Å². The number of benzene rings is 1. The van der Waals surface area contributed by atoms with E-state index in [0.717, 1.165) is 35.7 Å². The Balaban J connectivity index is 2.15. The Morgan fingerprint density at radius 2 is 2.24 bits per heavy atom. The first-order chi connectivity index (χ1) is 8.31. The molecule has 2 aliphatic rings. The molecular weight excluding hydrogens is 232 g/mol. The summed E-state index contributed by atoms with van der Waals surface area (Å²) in [4.78, 5) is 19.1. The van der Waals surface area contributed by atoms with Crippen molar-refractivity contribution in [3.8, 4) is 0 Å². The minimum absolute atomic E-state index is 0.135. The van der Waals surface area contributed by atoms with E-state index in [2.05, 4.69) is 4.99 Å². The first-order valence-electron chi connectivity index (χ1n) is 5.84. The predicted molar refractivity (Wildman–Crippen MR) is 71.1 cm³/mol. The van der Waals surface area contributed by atoms with Crippen LogP contribution < -0.4 is 0 Å². The van der Waals surface area contributed by atoms with E-state index in [4.69, 9.17) is 0 Å². The van der Waals surface area contributed by atoms with Crippen LogP contribution in [0.5, 0.6) is 0 Å². The lowest BCUT2D eigenvalue weighted by Gasteiger charge is -2.22. The summed E-state index contributed by atoms with van der Waals surface area (Å²) in [5.41, 5.74) is 1.56. The number of rotatable bonds is 0. The van der Waals surface area contributed by atoms with Gasteiger partial charge in [0.1, 0.15) is 0 Å². The number of hydrogen-bond acceptors (Lipinski definition) is 3. The minimum atomic E-state index is 0.135. The molecule has 0 aromatic heterocycles. The van der Waals surface area contributed by atoms with E-state index in [-0.39, 0.29) is 11.9 Å². The van der Waals surface area contributed by atoms with Crippen LogP contribution in [0.2, 0.25) is 0 Å². The van der Waals surface area contributed by atoms with Crippen molar-refractivity contribution in [2.75, 3.05) is 12.8 Å². The molecule has 4 heteroatoms. The molecule has 3 nitrogen and oxygen atoms in total. The molecule has 0 bridgehead atoms. The van der Waals surface area contributed by atoms with Crippen molar-refractivity contribution in [2.45, 2.75) is 18.9 Å². The number of thioether (sulfide) groups is 1. The summed E-state index contributed by atoms with van der Waals surface area (Å²) in [6, 6.07) is 7.83. The van der Waals surface area contributed by atoms with Gasteiger partial charge < -0.3 is 4.90 Å². The quantitative estimate of drug-likeness (QED) is 0.705. The minimum Gasteiger partial charge on any atom is -0.329 e. The van der Waals surface area contributed by atoms with Crippen LogP contribution in [-0.4, -0.2) is 34.7 Å². The zero-order valence-electron chi connectivity index (χ0n) is 9.72. The molecule has 1 saturated heterocycles. The number of carbonyl (C=O) groups excluding carboxylic acids is 1. The lowest BCUT2D eigenvalue weighted by atomic mass is 10.1. The number of aliphatic imine (C=N–C) groups is 1. The molecule has 1 unspecified atom stereocenters. The molecule has 88 valence electrons. The first kappa shape index (κ1) is 10.8.